The van der Waals surface area contributed by atoms with E-state index in [2.05, 4.69) is 29.6 Å². The molecular weight excluding hydrogens is 340 g/mol. The summed E-state index contributed by atoms with van der Waals surface area (Å²) in [6.07, 6.45) is 0.493. The van der Waals surface area contributed by atoms with E-state index in [0.29, 0.717) is 26.2 Å². The minimum absolute atomic E-state index is 0.0668. The second kappa shape index (κ2) is 6.20. The second-order valence-electron chi connectivity index (χ2n) is 7.79. The molecule has 5 nitrogen and oxygen atoms in total. The van der Waals surface area contributed by atoms with Gasteiger partial charge in [0.15, 0.2) is 5.78 Å². The predicted molar refractivity (Wildman–Crippen MR) is 102 cm³/mol. The van der Waals surface area contributed by atoms with Crippen LogP contribution in [-0.2, 0) is 9.53 Å². The summed E-state index contributed by atoms with van der Waals surface area (Å²) in [5, 5.41) is 3.10. The summed E-state index contributed by atoms with van der Waals surface area (Å²) in [5.74, 6) is 0.286. The Kier molecular flexibility index (Phi) is 3.79. The first-order valence-corrected chi connectivity index (χ1v) is 9.52. The minimum atomic E-state index is -0.336. The molecule has 2 aromatic carbocycles. The lowest BCUT2D eigenvalue weighted by Gasteiger charge is -2.50. The molecule has 5 rings (SSSR count). The van der Waals surface area contributed by atoms with E-state index >= 15 is 0 Å². The summed E-state index contributed by atoms with van der Waals surface area (Å²) in [5.41, 5.74) is 4.52. The maximum atomic E-state index is 12.5. The van der Waals surface area contributed by atoms with Gasteiger partial charge >= 0.3 is 6.09 Å². The van der Waals surface area contributed by atoms with Crippen molar-refractivity contribution >= 4 is 11.9 Å². The van der Waals surface area contributed by atoms with E-state index < -0.39 is 0 Å². The van der Waals surface area contributed by atoms with Crippen LogP contribution in [0.2, 0.25) is 0 Å². The number of benzene rings is 2. The number of Topliss-reactive ketones (excluding diaryl/α,β-unsaturated/α-hetero) is 1. The lowest BCUT2D eigenvalue weighted by Crippen LogP contribution is -2.66. The van der Waals surface area contributed by atoms with Crippen LogP contribution < -0.4 is 5.32 Å². The molecule has 2 aromatic rings. The van der Waals surface area contributed by atoms with Crippen LogP contribution >= 0.6 is 0 Å². The van der Waals surface area contributed by atoms with Gasteiger partial charge in [-0.1, -0.05) is 48.5 Å². The van der Waals surface area contributed by atoms with Gasteiger partial charge in [0.25, 0.3) is 0 Å². The number of nitrogens with one attached hydrogen (secondary N) is 1. The van der Waals surface area contributed by atoms with E-state index in [9.17, 15) is 9.59 Å². The van der Waals surface area contributed by atoms with Crippen LogP contribution in [0.1, 0.15) is 23.5 Å². The average Bonchev–Trinajstić information content (AvgIpc) is 2.99. The predicted octanol–water partition coefficient (Wildman–Crippen LogP) is 2.80. The van der Waals surface area contributed by atoms with Crippen molar-refractivity contribution in [3.63, 3.8) is 0 Å². The molecular formula is C22H22N2O3. The van der Waals surface area contributed by atoms with Gasteiger partial charge in [0, 0.05) is 19.0 Å². The third-order valence-electron chi connectivity index (χ3n) is 6.24. The van der Waals surface area contributed by atoms with Crippen molar-refractivity contribution in [2.45, 2.75) is 12.3 Å². The number of ketones is 1. The van der Waals surface area contributed by atoms with Crippen molar-refractivity contribution in [2.24, 2.45) is 5.41 Å². The van der Waals surface area contributed by atoms with Gasteiger partial charge in [-0.25, -0.2) is 4.79 Å². The number of hydrogen-bond donors (Lipinski definition) is 1. The molecule has 2 fully saturated rings. The molecule has 0 atom stereocenters. The highest BCUT2D eigenvalue weighted by molar-refractivity contribution is 5.90. The van der Waals surface area contributed by atoms with E-state index in [0.717, 1.165) is 13.0 Å². The summed E-state index contributed by atoms with van der Waals surface area (Å²) in [6.45, 7) is 2.56. The van der Waals surface area contributed by atoms with Crippen molar-refractivity contribution in [1.29, 1.82) is 0 Å². The van der Waals surface area contributed by atoms with Gasteiger partial charge in [-0.05, 0) is 35.2 Å². The summed E-state index contributed by atoms with van der Waals surface area (Å²) >= 11 is 0. The molecule has 0 unspecified atom stereocenters. The average molecular weight is 362 g/mol. The number of ether oxygens (including phenoxy) is 1. The van der Waals surface area contributed by atoms with E-state index in [-0.39, 0.29) is 23.2 Å². The molecule has 1 N–H and O–H groups in total. The number of carbonyl (C=O) groups is 2. The third-order valence-corrected chi connectivity index (χ3v) is 6.24. The summed E-state index contributed by atoms with van der Waals surface area (Å²) in [4.78, 5) is 26.3. The normalized spacial score (nSPS) is 20.1. The highest BCUT2D eigenvalue weighted by atomic mass is 16.6. The lowest BCUT2D eigenvalue weighted by atomic mass is 9.71. The van der Waals surface area contributed by atoms with Crippen LogP contribution in [0.15, 0.2) is 48.5 Å². The maximum Gasteiger partial charge on any atom is 0.409 e. The Bertz CT molecular complexity index is 872. The Hall–Kier alpha value is -2.66. The number of piperidine rings is 1. The van der Waals surface area contributed by atoms with Crippen molar-refractivity contribution in [1.82, 2.24) is 10.2 Å². The monoisotopic (exact) mass is 362 g/mol. The van der Waals surface area contributed by atoms with Crippen molar-refractivity contribution in [2.75, 3.05) is 32.8 Å². The molecule has 3 aliphatic rings. The molecule has 1 amide bonds. The van der Waals surface area contributed by atoms with E-state index in [1.54, 1.807) is 4.90 Å². The quantitative estimate of drug-likeness (QED) is 0.893. The Morgan fingerprint density at radius 2 is 1.70 bits per heavy atom. The fourth-order valence-electron chi connectivity index (χ4n) is 4.69. The number of rotatable bonds is 2. The van der Waals surface area contributed by atoms with Gasteiger partial charge in [0.05, 0.1) is 12.0 Å². The molecule has 0 saturated carbocycles. The van der Waals surface area contributed by atoms with Gasteiger partial charge in [0.1, 0.15) is 6.61 Å². The molecule has 2 saturated heterocycles. The van der Waals surface area contributed by atoms with Gasteiger partial charge in [0.2, 0.25) is 0 Å². The fraction of sp³-hybridized carbons (Fsp3) is 0.364. The molecule has 2 aliphatic heterocycles. The molecule has 0 bridgehead atoms. The van der Waals surface area contributed by atoms with Crippen LogP contribution in [0.25, 0.3) is 11.1 Å². The zero-order valence-corrected chi connectivity index (χ0v) is 15.1. The van der Waals surface area contributed by atoms with Crippen LogP contribution in [-0.4, -0.2) is 49.6 Å². The molecule has 1 aliphatic carbocycles. The standard InChI is InChI=1S/C22H22N2O3/c25-20-11-23-10-9-22(20)13-24(14-22)21(26)27-12-19-17-7-3-1-5-15(17)16-6-2-4-8-18(16)19/h1-8,19,23H,9-14H2. The first-order chi connectivity index (χ1) is 13.2. The zero-order chi connectivity index (χ0) is 18.4. The highest BCUT2D eigenvalue weighted by Crippen LogP contribution is 2.44. The number of nitrogens with zero attached hydrogens (tertiary/aromatic N) is 1. The largest absolute Gasteiger partial charge is 0.448 e. The zero-order valence-electron chi connectivity index (χ0n) is 15.1. The van der Waals surface area contributed by atoms with Crippen LogP contribution in [0.5, 0.6) is 0 Å². The molecule has 5 heteroatoms. The molecule has 138 valence electrons. The highest BCUT2D eigenvalue weighted by Gasteiger charge is 2.51. The number of carbonyl (C=O) groups excluding carboxylic acids is 2. The summed E-state index contributed by atoms with van der Waals surface area (Å²) < 4.78 is 5.67. The minimum Gasteiger partial charge on any atom is -0.448 e. The van der Waals surface area contributed by atoms with Gasteiger partial charge in [-0.3, -0.25) is 4.79 Å². The summed E-state index contributed by atoms with van der Waals surface area (Å²) in [6, 6.07) is 16.6. The number of likely N-dealkylation sites (tertiary alicyclic amines) is 1. The number of fused-ring (bicyclic) bond motifs is 3. The Labute approximate surface area is 158 Å². The van der Waals surface area contributed by atoms with Crippen molar-refractivity contribution < 1.29 is 14.3 Å². The van der Waals surface area contributed by atoms with Gasteiger partial charge in [-0.15, -0.1) is 0 Å². The second-order valence-corrected chi connectivity index (χ2v) is 7.79. The Morgan fingerprint density at radius 1 is 1.07 bits per heavy atom. The Balaban J connectivity index is 1.27. The fourth-order valence-corrected chi connectivity index (χ4v) is 4.69. The topological polar surface area (TPSA) is 58.6 Å². The number of amides is 1. The third kappa shape index (κ3) is 2.57. The Morgan fingerprint density at radius 3 is 2.33 bits per heavy atom. The van der Waals surface area contributed by atoms with Crippen molar-refractivity contribution in [3.05, 3.63) is 59.7 Å². The van der Waals surface area contributed by atoms with E-state index in [1.807, 2.05) is 24.3 Å². The van der Waals surface area contributed by atoms with Crippen LogP contribution in [0.3, 0.4) is 0 Å². The van der Waals surface area contributed by atoms with E-state index in [4.69, 9.17) is 4.74 Å². The molecule has 1 spiro atoms. The molecule has 0 aromatic heterocycles. The van der Waals surface area contributed by atoms with Crippen LogP contribution in [0.4, 0.5) is 4.79 Å². The lowest BCUT2D eigenvalue weighted by molar-refractivity contribution is -0.139. The SMILES string of the molecule is O=C(OCC1c2ccccc2-c2ccccc21)N1CC2(CCNCC2=O)C1. The smallest absolute Gasteiger partial charge is 0.409 e. The van der Waals surface area contributed by atoms with Gasteiger partial charge in [-0.2, -0.15) is 0 Å². The first kappa shape index (κ1) is 16.5. The molecule has 2 heterocycles. The van der Waals surface area contributed by atoms with Crippen LogP contribution in [0, 0.1) is 5.41 Å². The number of hydrogen-bond acceptors (Lipinski definition) is 4. The summed E-state index contributed by atoms with van der Waals surface area (Å²) in [7, 11) is 0. The first-order valence-electron chi connectivity index (χ1n) is 9.52. The van der Waals surface area contributed by atoms with Gasteiger partial charge < -0.3 is 15.0 Å². The maximum absolute atomic E-state index is 12.5. The molecule has 27 heavy (non-hydrogen) atoms. The molecule has 0 radical (unpaired) electrons. The van der Waals surface area contributed by atoms with Crippen molar-refractivity contribution in [3.8, 4) is 11.1 Å². The van der Waals surface area contributed by atoms with E-state index in [1.165, 1.54) is 22.3 Å².